The molecule has 0 aliphatic heterocycles. The lowest BCUT2D eigenvalue weighted by molar-refractivity contribution is 0.714. The van der Waals surface area contributed by atoms with Gasteiger partial charge in [0.05, 0.1) is 0 Å². The quantitative estimate of drug-likeness (QED) is 0.306. The Hall–Kier alpha value is -4.10. The normalized spacial score (nSPS) is 13.2. The van der Waals surface area contributed by atoms with Gasteiger partial charge in [-0.05, 0) is 70.1 Å². The predicted octanol–water partition coefficient (Wildman–Crippen LogP) is 8.43. The van der Waals surface area contributed by atoms with Crippen LogP contribution in [0.5, 0.6) is 0 Å². The molecule has 1 aliphatic rings. The number of rotatable bonds is 4. The Bertz CT molecular complexity index is 1390. The molecule has 1 aliphatic carbocycles. The highest BCUT2D eigenvalue weighted by atomic mass is 14.9. The van der Waals surface area contributed by atoms with Crippen LogP contribution < -0.4 is 5.32 Å². The minimum atomic E-state index is -0.179. The molecule has 0 spiro atoms. The first-order valence-electron chi connectivity index (χ1n) is 11.5. The molecule has 0 radical (unpaired) electrons. The topological polar surface area (TPSA) is 12.0 Å². The fourth-order valence-electron chi connectivity index (χ4n) is 5.22. The lowest BCUT2D eigenvalue weighted by Crippen LogP contribution is -2.22. The van der Waals surface area contributed by atoms with Crippen molar-refractivity contribution in [2.75, 3.05) is 5.32 Å². The standard InChI is InChI=1S/C32H25N/c1-32(30-16-7-5-14-28(30)29-15-6-8-17-31(29)32)25-12-9-13-27(22-25)33-26-20-18-24(19-21-26)23-10-3-2-4-11-23/h2-22,33H,1H3. The molecule has 1 N–H and O–H groups in total. The number of hydrogen-bond donors (Lipinski definition) is 1. The van der Waals surface area contributed by atoms with Gasteiger partial charge in [-0.2, -0.15) is 0 Å². The molecule has 0 bridgehead atoms. The Morgan fingerprint density at radius 1 is 0.485 bits per heavy atom. The van der Waals surface area contributed by atoms with Crippen molar-refractivity contribution >= 4 is 11.4 Å². The number of nitrogens with one attached hydrogen (secondary N) is 1. The lowest BCUT2D eigenvalue weighted by atomic mass is 9.74. The van der Waals surface area contributed by atoms with Gasteiger partial charge in [0.2, 0.25) is 0 Å². The van der Waals surface area contributed by atoms with Gasteiger partial charge in [0.15, 0.2) is 0 Å². The van der Waals surface area contributed by atoms with Crippen molar-refractivity contribution in [2.45, 2.75) is 12.3 Å². The lowest BCUT2D eigenvalue weighted by Gasteiger charge is -2.28. The van der Waals surface area contributed by atoms with E-state index in [1.54, 1.807) is 0 Å². The molecular formula is C32H25N. The summed E-state index contributed by atoms with van der Waals surface area (Å²) in [5.74, 6) is 0. The minimum Gasteiger partial charge on any atom is -0.356 e. The molecule has 0 fully saturated rings. The van der Waals surface area contributed by atoms with Crippen molar-refractivity contribution < 1.29 is 0 Å². The predicted molar refractivity (Wildman–Crippen MR) is 139 cm³/mol. The maximum absolute atomic E-state index is 3.61. The Morgan fingerprint density at radius 2 is 1.06 bits per heavy atom. The van der Waals surface area contributed by atoms with E-state index in [0.29, 0.717) is 0 Å². The fourth-order valence-corrected chi connectivity index (χ4v) is 5.22. The van der Waals surface area contributed by atoms with Gasteiger partial charge < -0.3 is 5.32 Å². The van der Waals surface area contributed by atoms with Crippen molar-refractivity contribution in [2.24, 2.45) is 0 Å². The molecular weight excluding hydrogens is 398 g/mol. The second kappa shape index (κ2) is 7.79. The monoisotopic (exact) mass is 423 g/mol. The Balaban J connectivity index is 1.35. The van der Waals surface area contributed by atoms with Gasteiger partial charge >= 0.3 is 0 Å². The molecule has 158 valence electrons. The second-order valence-electron chi connectivity index (χ2n) is 8.87. The van der Waals surface area contributed by atoms with E-state index in [1.165, 1.54) is 38.9 Å². The van der Waals surface area contributed by atoms with Crippen molar-refractivity contribution in [3.63, 3.8) is 0 Å². The molecule has 6 rings (SSSR count). The molecule has 0 saturated carbocycles. The van der Waals surface area contributed by atoms with Gasteiger partial charge in [-0.1, -0.05) is 103 Å². The molecule has 0 atom stereocenters. The summed E-state index contributed by atoms with van der Waals surface area (Å²) in [6, 6.07) is 45.6. The van der Waals surface area contributed by atoms with Crippen LogP contribution in [0.4, 0.5) is 11.4 Å². The zero-order chi connectivity index (χ0) is 22.3. The highest BCUT2D eigenvalue weighted by molar-refractivity contribution is 5.83. The summed E-state index contributed by atoms with van der Waals surface area (Å²) >= 11 is 0. The SMILES string of the molecule is CC1(c2cccc(Nc3ccc(-c4ccccc4)cc3)c2)c2ccccc2-c2ccccc21. The van der Waals surface area contributed by atoms with Crippen LogP contribution in [-0.2, 0) is 5.41 Å². The first-order chi connectivity index (χ1) is 16.2. The molecule has 0 unspecified atom stereocenters. The third kappa shape index (κ3) is 3.25. The van der Waals surface area contributed by atoms with E-state index in [1.807, 2.05) is 6.07 Å². The van der Waals surface area contributed by atoms with Crippen molar-refractivity contribution in [3.8, 4) is 22.3 Å². The first-order valence-corrected chi connectivity index (χ1v) is 11.5. The van der Waals surface area contributed by atoms with Crippen molar-refractivity contribution in [3.05, 3.63) is 144 Å². The van der Waals surface area contributed by atoms with Crippen molar-refractivity contribution in [1.29, 1.82) is 0 Å². The summed E-state index contributed by atoms with van der Waals surface area (Å²) in [5, 5.41) is 3.61. The summed E-state index contributed by atoms with van der Waals surface area (Å²) in [6.45, 7) is 2.35. The molecule has 0 heterocycles. The third-order valence-corrected chi connectivity index (χ3v) is 6.94. The van der Waals surface area contributed by atoms with Crippen LogP contribution in [0.25, 0.3) is 22.3 Å². The summed E-state index contributed by atoms with van der Waals surface area (Å²) in [6.07, 6.45) is 0. The van der Waals surface area contributed by atoms with E-state index >= 15 is 0 Å². The average molecular weight is 424 g/mol. The molecule has 5 aromatic carbocycles. The number of anilines is 2. The number of fused-ring (bicyclic) bond motifs is 3. The second-order valence-corrected chi connectivity index (χ2v) is 8.87. The van der Waals surface area contributed by atoms with Crippen LogP contribution >= 0.6 is 0 Å². The van der Waals surface area contributed by atoms with Crippen LogP contribution in [-0.4, -0.2) is 0 Å². The third-order valence-electron chi connectivity index (χ3n) is 6.94. The Labute approximate surface area is 195 Å². The van der Waals surface area contributed by atoms with Gasteiger partial charge in [0, 0.05) is 16.8 Å². The van der Waals surface area contributed by atoms with Crippen LogP contribution in [0.3, 0.4) is 0 Å². The molecule has 1 heteroatoms. The zero-order valence-corrected chi connectivity index (χ0v) is 18.6. The number of benzene rings is 5. The van der Waals surface area contributed by atoms with E-state index in [9.17, 15) is 0 Å². The highest BCUT2D eigenvalue weighted by Crippen LogP contribution is 2.52. The van der Waals surface area contributed by atoms with Gasteiger partial charge in [0.25, 0.3) is 0 Å². The summed E-state index contributed by atoms with van der Waals surface area (Å²) in [7, 11) is 0. The molecule has 0 saturated heterocycles. The first kappa shape index (κ1) is 19.6. The molecule has 5 aromatic rings. The Kier molecular flexibility index (Phi) is 4.62. The van der Waals surface area contributed by atoms with E-state index in [-0.39, 0.29) is 5.41 Å². The van der Waals surface area contributed by atoms with Crippen LogP contribution in [0.2, 0.25) is 0 Å². The maximum atomic E-state index is 3.61. The fraction of sp³-hybridized carbons (Fsp3) is 0.0625. The zero-order valence-electron chi connectivity index (χ0n) is 18.6. The summed E-state index contributed by atoms with van der Waals surface area (Å²) < 4.78 is 0. The molecule has 0 aromatic heterocycles. The van der Waals surface area contributed by atoms with E-state index in [2.05, 4.69) is 134 Å². The largest absolute Gasteiger partial charge is 0.356 e. The Morgan fingerprint density at radius 3 is 1.73 bits per heavy atom. The van der Waals surface area contributed by atoms with E-state index < -0.39 is 0 Å². The van der Waals surface area contributed by atoms with Gasteiger partial charge in [0.1, 0.15) is 0 Å². The van der Waals surface area contributed by atoms with Gasteiger partial charge in [-0.15, -0.1) is 0 Å². The highest BCUT2D eigenvalue weighted by Gasteiger charge is 2.40. The van der Waals surface area contributed by atoms with Crippen LogP contribution in [0, 0.1) is 0 Å². The average Bonchev–Trinajstić information content (AvgIpc) is 3.15. The van der Waals surface area contributed by atoms with Gasteiger partial charge in [-0.3, -0.25) is 0 Å². The van der Waals surface area contributed by atoms with E-state index in [0.717, 1.165) is 11.4 Å². The van der Waals surface area contributed by atoms with Crippen LogP contribution in [0.15, 0.2) is 127 Å². The maximum Gasteiger partial charge on any atom is 0.0436 e. The van der Waals surface area contributed by atoms with Crippen LogP contribution in [0.1, 0.15) is 23.6 Å². The number of hydrogen-bond acceptors (Lipinski definition) is 1. The molecule has 1 nitrogen and oxygen atoms in total. The molecule has 0 amide bonds. The molecule has 33 heavy (non-hydrogen) atoms. The summed E-state index contributed by atoms with van der Waals surface area (Å²) in [5.41, 5.74) is 11.2. The smallest absolute Gasteiger partial charge is 0.0436 e. The summed E-state index contributed by atoms with van der Waals surface area (Å²) in [4.78, 5) is 0. The minimum absolute atomic E-state index is 0.179. The van der Waals surface area contributed by atoms with Crippen molar-refractivity contribution in [1.82, 2.24) is 0 Å². The van der Waals surface area contributed by atoms with E-state index in [4.69, 9.17) is 0 Å². The van der Waals surface area contributed by atoms with Gasteiger partial charge in [-0.25, -0.2) is 0 Å².